The topological polar surface area (TPSA) is 0 Å². The minimum atomic E-state index is 1.33. The van der Waals surface area contributed by atoms with Crippen LogP contribution in [0, 0.1) is 6.92 Å². The number of rotatable bonds is 12. The number of aryl methyl sites for hydroxylation is 1. The predicted octanol–water partition coefficient (Wildman–Crippen LogP) is 6.49. The second-order valence-corrected chi connectivity index (χ2v) is 7.18. The molecule has 1 heteroatoms. The molecule has 0 bridgehead atoms. The van der Waals surface area contributed by atoms with Gasteiger partial charge in [-0.1, -0.05) is 94.5 Å². The third-order valence-corrected chi connectivity index (χ3v) is 5.04. The summed E-state index contributed by atoms with van der Waals surface area (Å²) in [5.74, 6) is 0. The van der Waals surface area contributed by atoms with E-state index in [0.29, 0.717) is 0 Å². The Labute approximate surface area is 128 Å². The first-order chi connectivity index (χ1) is 9.83. The van der Waals surface area contributed by atoms with Gasteiger partial charge >= 0.3 is 0 Å². The fourth-order valence-electron chi connectivity index (χ4n) is 2.46. The van der Waals surface area contributed by atoms with Crippen LogP contribution in [-0.4, -0.2) is 6.16 Å². The third-order valence-electron chi connectivity index (χ3n) is 3.84. The lowest BCUT2D eigenvalue weighted by Gasteiger charge is -2.03. The van der Waals surface area contributed by atoms with Gasteiger partial charge in [-0.25, -0.2) is 0 Å². The Bertz CT molecular complexity index is 315. The van der Waals surface area contributed by atoms with Crippen molar-refractivity contribution in [2.24, 2.45) is 0 Å². The molecule has 0 aliphatic heterocycles. The largest absolute Gasteiger partial charge is 0.0654 e. The Morgan fingerprint density at radius 2 is 1.20 bits per heavy atom. The highest BCUT2D eigenvalue weighted by Crippen LogP contribution is 2.16. The van der Waals surface area contributed by atoms with Crippen molar-refractivity contribution in [1.82, 2.24) is 0 Å². The molecule has 1 aromatic carbocycles. The van der Waals surface area contributed by atoms with Crippen LogP contribution in [0.15, 0.2) is 24.3 Å². The maximum atomic E-state index is 2.29. The number of hydrogen-bond donors (Lipinski definition) is 0. The minimum absolute atomic E-state index is 1.33. The van der Waals surface area contributed by atoms with Crippen molar-refractivity contribution in [2.75, 3.05) is 6.16 Å². The molecular weight excluding hydrogens is 259 g/mol. The molecule has 0 fully saturated rings. The second-order valence-electron chi connectivity index (χ2n) is 5.90. The van der Waals surface area contributed by atoms with Crippen molar-refractivity contribution in [1.29, 1.82) is 0 Å². The summed E-state index contributed by atoms with van der Waals surface area (Å²) in [6, 6.07) is 8.99. The van der Waals surface area contributed by atoms with Crippen LogP contribution in [0.25, 0.3) is 0 Å². The molecule has 20 heavy (non-hydrogen) atoms. The van der Waals surface area contributed by atoms with Crippen LogP contribution in [0.4, 0.5) is 0 Å². The zero-order valence-corrected chi connectivity index (χ0v) is 14.4. The van der Waals surface area contributed by atoms with Crippen LogP contribution in [0.1, 0.15) is 76.7 Å². The van der Waals surface area contributed by atoms with Crippen LogP contribution in [-0.2, 0) is 0 Å². The maximum absolute atomic E-state index is 2.29. The van der Waals surface area contributed by atoms with Crippen molar-refractivity contribution >= 4 is 13.9 Å². The van der Waals surface area contributed by atoms with Gasteiger partial charge in [0.15, 0.2) is 0 Å². The number of hydrogen-bond acceptors (Lipinski definition) is 0. The molecule has 0 unspecified atom stereocenters. The molecule has 0 aliphatic rings. The van der Waals surface area contributed by atoms with Gasteiger partial charge < -0.3 is 0 Å². The molecule has 0 spiro atoms. The van der Waals surface area contributed by atoms with E-state index >= 15 is 0 Å². The minimum Gasteiger partial charge on any atom is -0.0654 e. The predicted molar refractivity (Wildman–Crippen MR) is 94.4 cm³/mol. The van der Waals surface area contributed by atoms with Gasteiger partial charge in [0.1, 0.15) is 0 Å². The Kier molecular flexibility index (Phi) is 11.0. The van der Waals surface area contributed by atoms with Crippen LogP contribution in [0.3, 0.4) is 0 Å². The van der Waals surface area contributed by atoms with Crippen molar-refractivity contribution in [3.05, 3.63) is 29.8 Å². The Morgan fingerprint density at radius 3 is 1.75 bits per heavy atom. The zero-order chi connectivity index (χ0) is 14.5. The van der Waals surface area contributed by atoms with E-state index in [1.165, 1.54) is 89.8 Å². The lowest BCUT2D eigenvalue weighted by atomic mass is 10.1. The monoisotopic (exact) mass is 291 g/mol. The average Bonchev–Trinajstić information content (AvgIpc) is 2.47. The van der Waals surface area contributed by atoms with Gasteiger partial charge in [-0.2, -0.15) is 0 Å². The van der Waals surface area contributed by atoms with E-state index in [-0.39, 0.29) is 0 Å². The molecule has 0 amide bonds. The molecule has 0 aliphatic carbocycles. The van der Waals surface area contributed by atoms with Gasteiger partial charge in [0.05, 0.1) is 0 Å². The van der Waals surface area contributed by atoms with Gasteiger partial charge in [-0.05, 0) is 33.4 Å². The summed E-state index contributed by atoms with van der Waals surface area (Å²) in [4.78, 5) is 0. The van der Waals surface area contributed by atoms with Crippen LogP contribution in [0.5, 0.6) is 0 Å². The van der Waals surface area contributed by atoms with Gasteiger partial charge in [0.2, 0.25) is 0 Å². The van der Waals surface area contributed by atoms with E-state index < -0.39 is 0 Å². The van der Waals surface area contributed by atoms with E-state index in [0.717, 1.165) is 0 Å². The molecule has 0 saturated heterocycles. The van der Waals surface area contributed by atoms with Crippen molar-refractivity contribution in [3.63, 3.8) is 0 Å². The van der Waals surface area contributed by atoms with Crippen molar-refractivity contribution < 1.29 is 0 Å². The van der Waals surface area contributed by atoms with Crippen LogP contribution < -0.4 is 5.30 Å². The molecule has 1 aromatic rings. The first-order valence-corrected chi connectivity index (χ1v) is 9.65. The van der Waals surface area contributed by atoms with Crippen molar-refractivity contribution in [3.8, 4) is 0 Å². The number of benzene rings is 1. The summed E-state index contributed by atoms with van der Waals surface area (Å²) in [6.07, 6.45) is 15.7. The molecule has 113 valence electrons. The summed E-state index contributed by atoms with van der Waals surface area (Å²) in [7, 11) is 1.51. The fourth-order valence-corrected chi connectivity index (χ4v) is 3.46. The summed E-state index contributed by atoms with van der Waals surface area (Å²) < 4.78 is 0. The van der Waals surface area contributed by atoms with Gasteiger partial charge in [0.25, 0.3) is 0 Å². The molecule has 0 aromatic heterocycles. The first kappa shape index (κ1) is 17.7. The summed E-state index contributed by atoms with van der Waals surface area (Å²) in [6.45, 7) is 4.44. The van der Waals surface area contributed by atoms with E-state index in [2.05, 4.69) is 38.1 Å². The number of unbranched alkanes of at least 4 members (excludes halogenated alkanes) is 9. The molecule has 1 rings (SSSR count). The van der Waals surface area contributed by atoms with Crippen LogP contribution in [0.2, 0.25) is 0 Å². The standard InChI is InChI=1S/C19H32P/c1-3-4-5-6-7-8-9-10-11-12-17-20-19-15-13-18(2)14-16-19/h13-16H,3-12,17H2,1-2H3. The maximum Gasteiger partial charge on any atom is -0.0193 e. The van der Waals surface area contributed by atoms with E-state index in [1.54, 1.807) is 0 Å². The molecule has 0 saturated carbocycles. The second kappa shape index (κ2) is 12.4. The summed E-state index contributed by atoms with van der Waals surface area (Å²) >= 11 is 0. The summed E-state index contributed by atoms with van der Waals surface area (Å²) in [5, 5.41) is 1.48. The quantitative estimate of drug-likeness (QED) is 0.305. The molecule has 0 heterocycles. The third kappa shape index (κ3) is 9.54. The van der Waals surface area contributed by atoms with Crippen LogP contribution >= 0.6 is 8.58 Å². The zero-order valence-electron chi connectivity index (χ0n) is 13.5. The SMILES string of the molecule is CCCCCCCCCCCC[P]c1ccc(C)cc1. The van der Waals surface area contributed by atoms with E-state index in [4.69, 9.17) is 0 Å². The van der Waals surface area contributed by atoms with Gasteiger partial charge in [0, 0.05) is 0 Å². The Morgan fingerprint density at radius 1 is 0.700 bits per heavy atom. The van der Waals surface area contributed by atoms with E-state index in [9.17, 15) is 0 Å². The average molecular weight is 291 g/mol. The normalized spacial score (nSPS) is 11.5. The fraction of sp³-hybridized carbons (Fsp3) is 0.684. The summed E-state index contributed by atoms with van der Waals surface area (Å²) in [5.41, 5.74) is 1.36. The Hall–Kier alpha value is -0.350. The van der Waals surface area contributed by atoms with E-state index in [1.807, 2.05) is 0 Å². The molecule has 0 nitrogen and oxygen atoms in total. The highest BCUT2D eigenvalue weighted by molar-refractivity contribution is 7.47. The molecule has 0 atom stereocenters. The lowest BCUT2D eigenvalue weighted by Crippen LogP contribution is -1.94. The smallest absolute Gasteiger partial charge is 0.0193 e. The van der Waals surface area contributed by atoms with Gasteiger partial charge in [-0.15, -0.1) is 0 Å². The van der Waals surface area contributed by atoms with Crippen molar-refractivity contribution in [2.45, 2.75) is 78.1 Å². The van der Waals surface area contributed by atoms with Gasteiger partial charge in [-0.3, -0.25) is 0 Å². The Balaban J connectivity index is 1.84. The highest BCUT2D eigenvalue weighted by Gasteiger charge is 1.95. The first-order valence-electron chi connectivity index (χ1n) is 8.57. The molecular formula is C19H32P. The highest BCUT2D eigenvalue weighted by atomic mass is 31.1. The molecule has 0 N–H and O–H groups in total. The lowest BCUT2D eigenvalue weighted by molar-refractivity contribution is 0.563. The molecule has 1 radical (unpaired) electrons.